The SMILES string of the molecule is [CH2][C@@H](Cc1ccccc1)NCc1ccccc1. The third-order valence-electron chi connectivity index (χ3n) is 2.76. The Bertz CT molecular complexity index is 422. The van der Waals surface area contributed by atoms with Crippen molar-refractivity contribution in [2.45, 2.75) is 19.0 Å². The van der Waals surface area contributed by atoms with E-state index in [9.17, 15) is 0 Å². The Hall–Kier alpha value is -1.60. The lowest BCUT2D eigenvalue weighted by atomic mass is 10.1. The summed E-state index contributed by atoms with van der Waals surface area (Å²) >= 11 is 0. The van der Waals surface area contributed by atoms with Crippen molar-refractivity contribution in [3.63, 3.8) is 0 Å². The predicted octanol–water partition coefficient (Wildman–Crippen LogP) is 3.22. The molecule has 2 rings (SSSR count). The first-order valence-electron chi connectivity index (χ1n) is 5.99. The summed E-state index contributed by atoms with van der Waals surface area (Å²) in [6.45, 7) is 5.01. The maximum absolute atomic E-state index is 4.14. The lowest BCUT2D eigenvalue weighted by molar-refractivity contribution is 0.586. The van der Waals surface area contributed by atoms with Crippen LogP contribution in [0.1, 0.15) is 11.1 Å². The molecule has 0 aliphatic rings. The first-order valence-corrected chi connectivity index (χ1v) is 5.99. The predicted molar refractivity (Wildman–Crippen MR) is 72.6 cm³/mol. The van der Waals surface area contributed by atoms with Crippen molar-refractivity contribution in [3.05, 3.63) is 78.7 Å². The molecule has 0 saturated carbocycles. The molecule has 0 aliphatic carbocycles. The van der Waals surface area contributed by atoms with Crippen molar-refractivity contribution in [3.8, 4) is 0 Å². The Morgan fingerprint density at radius 3 is 1.94 bits per heavy atom. The molecule has 0 spiro atoms. The van der Waals surface area contributed by atoms with Crippen molar-refractivity contribution in [1.82, 2.24) is 5.32 Å². The molecular formula is C16H18N. The fraction of sp³-hybridized carbons (Fsp3) is 0.188. The minimum absolute atomic E-state index is 0.248. The van der Waals surface area contributed by atoms with Gasteiger partial charge in [-0.1, -0.05) is 60.7 Å². The molecule has 87 valence electrons. The second kappa shape index (κ2) is 6.21. The first-order chi connectivity index (χ1) is 8.34. The van der Waals surface area contributed by atoms with Gasteiger partial charge in [0, 0.05) is 12.6 Å². The van der Waals surface area contributed by atoms with Crippen LogP contribution < -0.4 is 5.32 Å². The smallest absolute Gasteiger partial charge is 0.0208 e. The van der Waals surface area contributed by atoms with E-state index < -0.39 is 0 Å². The summed E-state index contributed by atoms with van der Waals surface area (Å²) in [6, 6.07) is 21.1. The molecule has 0 bridgehead atoms. The minimum Gasteiger partial charge on any atom is -0.310 e. The summed E-state index contributed by atoms with van der Waals surface area (Å²) in [5, 5.41) is 3.44. The van der Waals surface area contributed by atoms with E-state index in [1.54, 1.807) is 0 Å². The fourth-order valence-electron chi connectivity index (χ4n) is 1.83. The molecule has 1 atom stereocenters. The van der Waals surface area contributed by atoms with E-state index in [2.05, 4.69) is 60.8 Å². The molecule has 17 heavy (non-hydrogen) atoms. The third kappa shape index (κ3) is 4.04. The summed E-state index contributed by atoms with van der Waals surface area (Å²) in [5.74, 6) is 0. The molecular weight excluding hydrogens is 206 g/mol. The van der Waals surface area contributed by atoms with Gasteiger partial charge in [0.05, 0.1) is 0 Å². The Morgan fingerprint density at radius 2 is 1.35 bits per heavy atom. The van der Waals surface area contributed by atoms with E-state index in [1.807, 2.05) is 12.1 Å². The van der Waals surface area contributed by atoms with Crippen molar-refractivity contribution in [2.75, 3.05) is 0 Å². The summed E-state index contributed by atoms with van der Waals surface area (Å²) in [4.78, 5) is 0. The number of rotatable bonds is 5. The van der Waals surface area contributed by atoms with Crippen molar-refractivity contribution in [2.24, 2.45) is 0 Å². The van der Waals surface area contributed by atoms with E-state index in [-0.39, 0.29) is 6.04 Å². The maximum atomic E-state index is 4.14. The highest BCUT2D eigenvalue weighted by Crippen LogP contribution is 2.04. The van der Waals surface area contributed by atoms with Gasteiger partial charge in [-0.25, -0.2) is 0 Å². The van der Waals surface area contributed by atoms with Gasteiger partial charge >= 0.3 is 0 Å². The molecule has 1 radical (unpaired) electrons. The zero-order valence-electron chi connectivity index (χ0n) is 9.97. The van der Waals surface area contributed by atoms with E-state index in [1.165, 1.54) is 11.1 Å². The Kier molecular flexibility index (Phi) is 4.34. The highest BCUT2D eigenvalue weighted by Gasteiger charge is 2.02. The zero-order valence-corrected chi connectivity index (χ0v) is 9.97. The van der Waals surface area contributed by atoms with Crippen LogP contribution in [-0.2, 0) is 13.0 Å². The average Bonchev–Trinajstić information content (AvgIpc) is 2.39. The highest BCUT2D eigenvalue weighted by atomic mass is 14.9. The van der Waals surface area contributed by atoms with Crippen LogP contribution in [0.3, 0.4) is 0 Å². The van der Waals surface area contributed by atoms with Gasteiger partial charge in [0.1, 0.15) is 0 Å². The molecule has 2 aromatic carbocycles. The van der Waals surface area contributed by atoms with Crippen LogP contribution in [0.5, 0.6) is 0 Å². The van der Waals surface area contributed by atoms with Gasteiger partial charge in [-0.05, 0) is 24.5 Å². The highest BCUT2D eigenvalue weighted by molar-refractivity contribution is 5.17. The molecule has 0 fully saturated rings. The molecule has 2 aromatic rings. The number of nitrogens with one attached hydrogen (secondary N) is 1. The minimum atomic E-state index is 0.248. The molecule has 1 heteroatoms. The monoisotopic (exact) mass is 224 g/mol. The van der Waals surface area contributed by atoms with Gasteiger partial charge in [-0.3, -0.25) is 0 Å². The van der Waals surface area contributed by atoms with Crippen LogP contribution >= 0.6 is 0 Å². The van der Waals surface area contributed by atoms with Crippen LogP contribution in [0.25, 0.3) is 0 Å². The summed E-state index contributed by atoms with van der Waals surface area (Å²) in [6.07, 6.45) is 0.966. The van der Waals surface area contributed by atoms with Gasteiger partial charge in [0.2, 0.25) is 0 Å². The Balaban J connectivity index is 1.80. The Labute approximate surface area is 103 Å². The normalized spacial score (nSPS) is 12.3. The standard InChI is InChI=1S/C16H18N/c1-14(12-15-8-4-2-5-9-15)17-13-16-10-6-3-7-11-16/h2-11,14,17H,1,12-13H2/t14-/m0/s1. The lowest BCUT2D eigenvalue weighted by Crippen LogP contribution is -2.27. The van der Waals surface area contributed by atoms with Crippen LogP contribution in [0.4, 0.5) is 0 Å². The largest absolute Gasteiger partial charge is 0.310 e. The first kappa shape index (κ1) is 11.9. The number of hydrogen-bond acceptors (Lipinski definition) is 1. The topological polar surface area (TPSA) is 12.0 Å². The van der Waals surface area contributed by atoms with E-state index >= 15 is 0 Å². The van der Waals surface area contributed by atoms with Gasteiger partial charge in [0.15, 0.2) is 0 Å². The van der Waals surface area contributed by atoms with Crippen molar-refractivity contribution in [1.29, 1.82) is 0 Å². The van der Waals surface area contributed by atoms with E-state index in [0.29, 0.717) is 0 Å². The maximum Gasteiger partial charge on any atom is 0.0208 e. The zero-order chi connectivity index (χ0) is 11.9. The second-order valence-electron chi connectivity index (χ2n) is 4.25. The van der Waals surface area contributed by atoms with E-state index in [4.69, 9.17) is 0 Å². The molecule has 0 unspecified atom stereocenters. The molecule has 0 heterocycles. The van der Waals surface area contributed by atoms with Crippen LogP contribution in [-0.4, -0.2) is 6.04 Å². The molecule has 0 amide bonds. The second-order valence-corrected chi connectivity index (χ2v) is 4.25. The van der Waals surface area contributed by atoms with E-state index in [0.717, 1.165) is 13.0 Å². The molecule has 0 aliphatic heterocycles. The fourth-order valence-corrected chi connectivity index (χ4v) is 1.83. The van der Waals surface area contributed by atoms with Crippen LogP contribution in [0, 0.1) is 6.92 Å². The number of benzene rings is 2. The van der Waals surface area contributed by atoms with Gasteiger partial charge in [0.25, 0.3) is 0 Å². The summed E-state index contributed by atoms with van der Waals surface area (Å²) in [7, 11) is 0. The average molecular weight is 224 g/mol. The van der Waals surface area contributed by atoms with Gasteiger partial charge in [-0.2, -0.15) is 0 Å². The quantitative estimate of drug-likeness (QED) is 0.822. The third-order valence-corrected chi connectivity index (χ3v) is 2.76. The van der Waals surface area contributed by atoms with Crippen molar-refractivity contribution < 1.29 is 0 Å². The van der Waals surface area contributed by atoms with Gasteiger partial charge < -0.3 is 5.32 Å². The van der Waals surface area contributed by atoms with Crippen LogP contribution in [0.2, 0.25) is 0 Å². The molecule has 1 nitrogen and oxygen atoms in total. The summed E-state index contributed by atoms with van der Waals surface area (Å²) in [5.41, 5.74) is 2.63. The van der Waals surface area contributed by atoms with Crippen LogP contribution in [0.15, 0.2) is 60.7 Å². The van der Waals surface area contributed by atoms with Crippen molar-refractivity contribution >= 4 is 0 Å². The lowest BCUT2D eigenvalue weighted by Gasteiger charge is -2.13. The molecule has 0 aromatic heterocycles. The number of hydrogen-bond donors (Lipinski definition) is 1. The molecule has 0 saturated heterocycles. The summed E-state index contributed by atoms with van der Waals surface area (Å²) < 4.78 is 0. The van der Waals surface area contributed by atoms with Gasteiger partial charge in [-0.15, -0.1) is 0 Å². The molecule has 1 N–H and O–H groups in total. The Morgan fingerprint density at radius 1 is 0.824 bits per heavy atom.